The molecule has 0 aromatic carbocycles. The Labute approximate surface area is 64.6 Å². The van der Waals surface area contributed by atoms with E-state index in [0.29, 0.717) is 0 Å². The number of hydrogen-bond acceptors (Lipinski definition) is 0. The maximum Gasteiger partial charge on any atom is -0.0348 e. The minimum absolute atomic E-state index is 1.16. The molecule has 0 saturated heterocycles. The number of allylic oxidation sites excluding steroid dienone is 4. The van der Waals surface area contributed by atoms with E-state index in [9.17, 15) is 0 Å². The molecule has 0 aliphatic carbocycles. The molecular formula is C10H18. The Morgan fingerprint density at radius 1 is 1.10 bits per heavy atom. The highest BCUT2D eigenvalue weighted by Crippen LogP contribution is 2.08. The van der Waals surface area contributed by atoms with Gasteiger partial charge in [0.15, 0.2) is 0 Å². The largest absolute Gasteiger partial charge is 0.0735 e. The minimum Gasteiger partial charge on any atom is -0.0735 e. The highest BCUT2D eigenvalue weighted by molar-refractivity contribution is 5.24. The molecule has 0 radical (unpaired) electrons. The Hall–Kier alpha value is -0.520. The molecule has 10 heavy (non-hydrogen) atoms. The van der Waals surface area contributed by atoms with Gasteiger partial charge in [-0.15, -0.1) is 0 Å². The van der Waals surface area contributed by atoms with Crippen LogP contribution in [0.5, 0.6) is 0 Å². The van der Waals surface area contributed by atoms with E-state index < -0.39 is 0 Å². The van der Waals surface area contributed by atoms with Crippen LogP contribution in [0.2, 0.25) is 0 Å². The first-order valence-electron chi connectivity index (χ1n) is 3.89. The summed E-state index contributed by atoms with van der Waals surface area (Å²) in [4.78, 5) is 0. The number of hydrogen-bond donors (Lipinski definition) is 0. The van der Waals surface area contributed by atoms with Crippen LogP contribution >= 0.6 is 0 Å². The SMILES string of the molecule is CC/C(C)=C/C(C)=C(C)C. The van der Waals surface area contributed by atoms with Gasteiger partial charge in [-0.25, -0.2) is 0 Å². The Kier molecular flexibility index (Phi) is 4.10. The molecule has 0 spiro atoms. The molecule has 0 fully saturated rings. The molecule has 0 amide bonds. The summed E-state index contributed by atoms with van der Waals surface area (Å²) in [5.41, 5.74) is 4.27. The zero-order valence-electron chi connectivity index (χ0n) is 7.78. The predicted molar refractivity (Wildman–Crippen MR) is 48.1 cm³/mol. The third-order valence-corrected chi connectivity index (χ3v) is 1.81. The zero-order valence-corrected chi connectivity index (χ0v) is 7.78. The summed E-state index contributed by atoms with van der Waals surface area (Å²) in [6, 6.07) is 0. The summed E-state index contributed by atoms with van der Waals surface area (Å²) in [5.74, 6) is 0. The fourth-order valence-corrected chi connectivity index (χ4v) is 0.616. The lowest BCUT2D eigenvalue weighted by Gasteiger charge is -1.98. The van der Waals surface area contributed by atoms with Crippen LogP contribution in [0.15, 0.2) is 22.8 Å². The molecule has 58 valence electrons. The van der Waals surface area contributed by atoms with E-state index in [1.165, 1.54) is 16.7 Å². The molecule has 0 aliphatic heterocycles. The van der Waals surface area contributed by atoms with Crippen molar-refractivity contribution in [3.8, 4) is 0 Å². The van der Waals surface area contributed by atoms with Gasteiger partial charge < -0.3 is 0 Å². The summed E-state index contributed by atoms with van der Waals surface area (Å²) in [7, 11) is 0. The van der Waals surface area contributed by atoms with Crippen LogP contribution in [0.4, 0.5) is 0 Å². The van der Waals surface area contributed by atoms with E-state index in [4.69, 9.17) is 0 Å². The molecule has 0 saturated carbocycles. The molecule has 0 aromatic rings. The van der Waals surface area contributed by atoms with Gasteiger partial charge >= 0.3 is 0 Å². The Morgan fingerprint density at radius 3 is 1.90 bits per heavy atom. The molecule has 0 aromatic heterocycles. The van der Waals surface area contributed by atoms with Crippen molar-refractivity contribution in [2.75, 3.05) is 0 Å². The fraction of sp³-hybridized carbons (Fsp3) is 0.600. The molecule has 0 heteroatoms. The second kappa shape index (κ2) is 4.32. The second-order valence-corrected chi connectivity index (χ2v) is 3.03. The Morgan fingerprint density at radius 2 is 1.60 bits per heavy atom. The second-order valence-electron chi connectivity index (χ2n) is 3.03. The van der Waals surface area contributed by atoms with E-state index >= 15 is 0 Å². The van der Waals surface area contributed by atoms with E-state index in [1.807, 2.05) is 0 Å². The molecular weight excluding hydrogens is 120 g/mol. The lowest BCUT2D eigenvalue weighted by Crippen LogP contribution is -1.77. The van der Waals surface area contributed by atoms with E-state index in [1.54, 1.807) is 0 Å². The van der Waals surface area contributed by atoms with Crippen molar-refractivity contribution in [3.63, 3.8) is 0 Å². The average Bonchev–Trinajstić information content (AvgIpc) is 1.87. The van der Waals surface area contributed by atoms with Crippen LogP contribution in [0.25, 0.3) is 0 Å². The minimum atomic E-state index is 1.16. The summed E-state index contributed by atoms with van der Waals surface area (Å²) >= 11 is 0. The highest BCUT2D eigenvalue weighted by atomic mass is 13.9. The molecule has 0 nitrogen and oxygen atoms in total. The van der Waals surface area contributed by atoms with E-state index in [-0.39, 0.29) is 0 Å². The lowest BCUT2D eigenvalue weighted by atomic mass is 10.1. The van der Waals surface area contributed by atoms with Crippen LogP contribution in [0.1, 0.15) is 41.0 Å². The maximum absolute atomic E-state index is 2.26. The van der Waals surface area contributed by atoms with Crippen LogP contribution in [0, 0.1) is 0 Å². The van der Waals surface area contributed by atoms with E-state index in [0.717, 1.165) is 6.42 Å². The van der Waals surface area contributed by atoms with Crippen LogP contribution in [-0.2, 0) is 0 Å². The molecule has 0 unspecified atom stereocenters. The maximum atomic E-state index is 2.26. The lowest BCUT2D eigenvalue weighted by molar-refractivity contribution is 1.09. The van der Waals surface area contributed by atoms with Gasteiger partial charge in [-0.2, -0.15) is 0 Å². The fourth-order valence-electron chi connectivity index (χ4n) is 0.616. The topological polar surface area (TPSA) is 0 Å². The van der Waals surface area contributed by atoms with Crippen molar-refractivity contribution in [3.05, 3.63) is 22.8 Å². The number of rotatable bonds is 2. The average molecular weight is 138 g/mol. The monoisotopic (exact) mass is 138 g/mol. The summed E-state index contributed by atoms with van der Waals surface area (Å²) in [6.45, 7) is 10.8. The quantitative estimate of drug-likeness (QED) is 0.510. The third kappa shape index (κ3) is 3.49. The molecule has 0 rings (SSSR count). The smallest absolute Gasteiger partial charge is 0.0348 e. The summed E-state index contributed by atoms with van der Waals surface area (Å²) < 4.78 is 0. The molecule has 0 heterocycles. The molecule has 0 N–H and O–H groups in total. The normalized spacial score (nSPS) is 11.5. The zero-order chi connectivity index (χ0) is 8.15. The molecule has 0 aliphatic rings. The van der Waals surface area contributed by atoms with Gasteiger partial charge in [-0.05, 0) is 34.1 Å². The van der Waals surface area contributed by atoms with Gasteiger partial charge in [0.25, 0.3) is 0 Å². The van der Waals surface area contributed by atoms with Gasteiger partial charge in [0.2, 0.25) is 0 Å². The van der Waals surface area contributed by atoms with Crippen molar-refractivity contribution in [1.29, 1.82) is 0 Å². The van der Waals surface area contributed by atoms with Gasteiger partial charge in [-0.3, -0.25) is 0 Å². The van der Waals surface area contributed by atoms with Gasteiger partial charge in [0.05, 0.1) is 0 Å². The third-order valence-electron chi connectivity index (χ3n) is 1.81. The van der Waals surface area contributed by atoms with Gasteiger partial charge in [0, 0.05) is 0 Å². The first-order valence-corrected chi connectivity index (χ1v) is 3.89. The van der Waals surface area contributed by atoms with Crippen molar-refractivity contribution in [2.24, 2.45) is 0 Å². The van der Waals surface area contributed by atoms with Crippen LogP contribution in [-0.4, -0.2) is 0 Å². The van der Waals surface area contributed by atoms with Crippen molar-refractivity contribution in [2.45, 2.75) is 41.0 Å². The van der Waals surface area contributed by atoms with Gasteiger partial charge in [0.1, 0.15) is 0 Å². The Balaban J connectivity index is 4.27. The Bertz CT molecular complexity index is 155. The molecule has 0 bridgehead atoms. The van der Waals surface area contributed by atoms with Crippen molar-refractivity contribution >= 4 is 0 Å². The van der Waals surface area contributed by atoms with E-state index in [2.05, 4.69) is 40.7 Å². The summed E-state index contributed by atoms with van der Waals surface area (Å²) in [5, 5.41) is 0. The van der Waals surface area contributed by atoms with Gasteiger partial charge in [-0.1, -0.05) is 29.7 Å². The summed E-state index contributed by atoms with van der Waals surface area (Å²) in [6.07, 6.45) is 3.42. The standard InChI is InChI=1S/C10H18/c1-6-9(4)7-10(5)8(2)3/h7H,6H2,1-5H3/b9-7+. The first kappa shape index (κ1) is 9.48. The van der Waals surface area contributed by atoms with Crippen molar-refractivity contribution in [1.82, 2.24) is 0 Å². The van der Waals surface area contributed by atoms with Crippen LogP contribution in [0.3, 0.4) is 0 Å². The molecule has 0 atom stereocenters. The highest BCUT2D eigenvalue weighted by Gasteiger charge is 1.87. The predicted octanol–water partition coefficient (Wildman–Crippen LogP) is 3.70. The van der Waals surface area contributed by atoms with Crippen molar-refractivity contribution < 1.29 is 0 Å². The first-order chi connectivity index (χ1) is 4.57. The van der Waals surface area contributed by atoms with Crippen LogP contribution < -0.4 is 0 Å².